The minimum absolute atomic E-state index is 0.461. The number of rotatable bonds is 3. The van der Waals surface area contributed by atoms with Crippen LogP contribution in [0.3, 0.4) is 0 Å². The molecule has 2 heteroatoms. The molecule has 0 aromatic heterocycles. The maximum absolute atomic E-state index is 3.68. The van der Waals surface area contributed by atoms with Crippen molar-refractivity contribution >= 4 is 0 Å². The van der Waals surface area contributed by atoms with E-state index in [0.29, 0.717) is 12.1 Å². The Morgan fingerprint density at radius 2 is 2.07 bits per heavy atom. The molecule has 1 N–H and O–H groups in total. The highest BCUT2D eigenvalue weighted by atomic mass is 15.2. The fourth-order valence-electron chi connectivity index (χ4n) is 2.26. The van der Waals surface area contributed by atoms with Gasteiger partial charge in [-0.25, -0.2) is 0 Å². The molecule has 1 aromatic carbocycles. The van der Waals surface area contributed by atoms with Crippen molar-refractivity contribution < 1.29 is 0 Å². The molecule has 15 heavy (non-hydrogen) atoms. The van der Waals surface area contributed by atoms with Crippen LogP contribution >= 0.6 is 0 Å². The van der Waals surface area contributed by atoms with Crippen molar-refractivity contribution in [2.75, 3.05) is 20.1 Å². The average Bonchev–Trinajstić information content (AvgIpc) is 2.65. The second-order valence-corrected chi connectivity index (χ2v) is 4.55. The Morgan fingerprint density at radius 3 is 2.67 bits per heavy atom. The molecule has 0 spiro atoms. The van der Waals surface area contributed by atoms with Gasteiger partial charge in [0.2, 0.25) is 0 Å². The predicted molar refractivity (Wildman–Crippen MR) is 63.9 cm³/mol. The van der Waals surface area contributed by atoms with E-state index >= 15 is 0 Å². The van der Waals surface area contributed by atoms with Crippen LogP contribution in [0.5, 0.6) is 0 Å². The third-order valence-corrected chi connectivity index (χ3v) is 3.18. The van der Waals surface area contributed by atoms with Crippen molar-refractivity contribution in [2.45, 2.75) is 25.4 Å². The maximum Gasteiger partial charge on any atom is 0.0294 e. The average molecular weight is 204 g/mol. The quantitative estimate of drug-likeness (QED) is 0.810. The fourth-order valence-corrected chi connectivity index (χ4v) is 2.26. The first-order chi connectivity index (χ1) is 7.25. The number of nitrogens with one attached hydrogen (secondary N) is 1. The van der Waals surface area contributed by atoms with Crippen LogP contribution in [-0.4, -0.2) is 31.1 Å². The summed E-state index contributed by atoms with van der Waals surface area (Å²) in [7, 11) is 2.19. The lowest BCUT2D eigenvalue weighted by Gasteiger charge is -2.19. The summed E-state index contributed by atoms with van der Waals surface area (Å²) in [5.41, 5.74) is 1.38. The number of hydrogen-bond acceptors (Lipinski definition) is 2. The van der Waals surface area contributed by atoms with E-state index in [9.17, 15) is 0 Å². The molecular formula is C13H20N2. The van der Waals surface area contributed by atoms with Crippen molar-refractivity contribution in [2.24, 2.45) is 0 Å². The van der Waals surface area contributed by atoms with Crippen LogP contribution in [0.25, 0.3) is 0 Å². The van der Waals surface area contributed by atoms with Gasteiger partial charge in [-0.05, 0) is 32.5 Å². The van der Waals surface area contributed by atoms with E-state index in [1.807, 2.05) is 0 Å². The molecule has 1 saturated heterocycles. The van der Waals surface area contributed by atoms with Crippen LogP contribution in [0.4, 0.5) is 0 Å². The van der Waals surface area contributed by atoms with E-state index in [0.717, 1.165) is 0 Å². The zero-order valence-electron chi connectivity index (χ0n) is 9.61. The highest BCUT2D eigenvalue weighted by Crippen LogP contribution is 2.15. The summed E-state index contributed by atoms with van der Waals surface area (Å²) in [5, 5.41) is 3.68. The number of benzene rings is 1. The van der Waals surface area contributed by atoms with E-state index in [4.69, 9.17) is 0 Å². The lowest BCUT2D eigenvalue weighted by atomic mass is 10.1. The van der Waals surface area contributed by atoms with Crippen molar-refractivity contribution in [3.05, 3.63) is 35.9 Å². The Bertz CT molecular complexity index is 297. The van der Waals surface area contributed by atoms with Crippen molar-refractivity contribution in [3.8, 4) is 0 Å². The molecule has 1 aromatic rings. The summed E-state index contributed by atoms with van der Waals surface area (Å²) in [4.78, 5) is 2.38. The summed E-state index contributed by atoms with van der Waals surface area (Å²) in [5.74, 6) is 0. The first-order valence-corrected chi connectivity index (χ1v) is 5.75. The first kappa shape index (κ1) is 10.7. The molecule has 0 saturated carbocycles. The van der Waals surface area contributed by atoms with Crippen LogP contribution in [0.1, 0.15) is 24.9 Å². The standard InChI is InChI=1S/C13H20N2/c1-11(12-6-4-3-5-7-12)14-13-8-9-15(2)10-13/h3-7,11,13-14H,8-10H2,1-2H3/t11-,13-/m0/s1. The van der Waals surface area contributed by atoms with Gasteiger partial charge in [0.25, 0.3) is 0 Å². The van der Waals surface area contributed by atoms with Gasteiger partial charge in [-0.15, -0.1) is 0 Å². The molecule has 2 nitrogen and oxygen atoms in total. The van der Waals surface area contributed by atoms with Crippen molar-refractivity contribution in [3.63, 3.8) is 0 Å². The molecule has 1 fully saturated rings. The topological polar surface area (TPSA) is 15.3 Å². The maximum atomic E-state index is 3.68. The van der Waals surface area contributed by atoms with Gasteiger partial charge < -0.3 is 10.2 Å². The van der Waals surface area contributed by atoms with E-state index in [1.165, 1.54) is 25.1 Å². The summed E-state index contributed by atoms with van der Waals surface area (Å²) in [6.45, 7) is 4.64. The molecule has 2 rings (SSSR count). The third-order valence-electron chi connectivity index (χ3n) is 3.18. The van der Waals surface area contributed by atoms with Gasteiger partial charge in [-0.2, -0.15) is 0 Å². The van der Waals surface area contributed by atoms with Crippen molar-refractivity contribution in [1.29, 1.82) is 0 Å². The molecule has 0 aliphatic carbocycles. The zero-order valence-corrected chi connectivity index (χ0v) is 9.61. The van der Waals surface area contributed by atoms with Gasteiger partial charge in [0.15, 0.2) is 0 Å². The highest BCUT2D eigenvalue weighted by molar-refractivity contribution is 5.18. The summed E-state index contributed by atoms with van der Waals surface area (Å²) < 4.78 is 0. The SMILES string of the molecule is C[C@H](N[C@H]1CCN(C)C1)c1ccccc1. The summed E-state index contributed by atoms with van der Waals surface area (Å²) in [6.07, 6.45) is 1.27. The number of hydrogen-bond donors (Lipinski definition) is 1. The summed E-state index contributed by atoms with van der Waals surface area (Å²) in [6, 6.07) is 11.8. The second kappa shape index (κ2) is 4.77. The number of nitrogens with zero attached hydrogens (tertiary/aromatic N) is 1. The normalized spacial score (nSPS) is 24.3. The van der Waals surface area contributed by atoms with Crippen LogP contribution in [0.2, 0.25) is 0 Å². The van der Waals surface area contributed by atoms with E-state index < -0.39 is 0 Å². The largest absolute Gasteiger partial charge is 0.306 e. The molecule has 82 valence electrons. The summed E-state index contributed by atoms with van der Waals surface area (Å²) >= 11 is 0. The van der Waals surface area contributed by atoms with Crippen molar-refractivity contribution in [1.82, 2.24) is 10.2 Å². The Balaban J connectivity index is 1.90. The number of likely N-dealkylation sites (N-methyl/N-ethyl adjacent to an activating group) is 1. The van der Waals surface area contributed by atoms with E-state index in [1.54, 1.807) is 0 Å². The van der Waals surface area contributed by atoms with Gasteiger partial charge in [0, 0.05) is 18.6 Å². The van der Waals surface area contributed by atoms with Crippen LogP contribution in [0.15, 0.2) is 30.3 Å². The van der Waals surface area contributed by atoms with Crippen LogP contribution in [-0.2, 0) is 0 Å². The zero-order chi connectivity index (χ0) is 10.7. The highest BCUT2D eigenvalue weighted by Gasteiger charge is 2.20. The lowest BCUT2D eigenvalue weighted by molar-refractivity contribution is 0.387. The Kier molecular flexibility index (Phi) is 3.39. The smallest absolute Gasteiger partial charge is 0.0294 e. The molecule has 0 unspecified atom stereocenters. The van der Waals surface area contributed by atoms with E-state index in [2.05, 4.69) is 54.5 Å². The Hall–Kier alpha value is -0.860. The molecule has 0 amide bonds. The fraction of sp³-hybridized carbons (Fsp3) is 0.538. The van der Waals surface area contributed by atoms with Gasteiger partial charge in [0.05, 0.1) is 0 Å². The van der Waals surface area contributed by atoms with Gasteiger partial charge >= 0.3 is 0 Å². The van der Waals surface area contributed by atoms with Gasteiger partial charge in [-0.1, -0.05) is 30.3 Å². The van der Waals surface area contributed by atoms with Gasteiger partial charge in [0.1, 0.15) is 0 Å². The Labute approximate surface area is 92.3 Å². The molecular weight excluding hydrogens is 184 g/mol. The van der Waals surface area contributed by atoms with Crippen LogP contribution in [0, 0.1) is 0 Å². The molecule has 0 radical (unpaired) electrons. The number of likely N-dealkylation sites (tertiary alicyclic amines) is 1. The molecule has 1 aliphatic heterocycles. The minimum Gasteiger partial charge on any atom is -0.306 e. The second-order valence-electron chi connectivity index (χ2n) is 4.55. The molecule has 1 heterocycles. The monoisotopic (exact) mass is 204 g/mol. The van der Waals surface area contributed by atoms with Gasteiger partial charge in [-0.3, -0.25) is 0 Å². The lowest BCUT2D eigenvalue weighted by Crippen LogP contribution is -2.33. The van der Waals surface area contributed by atoms with Crippen LogP contribution < -0.4 is 5.32 Å². The first-order valence-electron chi connectivity index (χ1n) is 5.75. The third kappa shape index (κ3) is 2.80. The molecule has 1 aliphatic rings. The minimum atomic E-state index is 0.461. The predicted octanol–water partition coefficient (Wildman–Crippen LogP) is 2.04. The Morgan fingerprint density at radius 1 is 1.33 bits per heavy atom. The molecule has 0 bridgehead atoms. The van der Waals surface area contributed by atoms with E-state index in [-0.39, 0.29) is 0 Å². The molecule has 2 atom stereocenters.